The molecular formula is C11H18N4O2. The average Bonchev–Trinajstić information content (AvgIpc) is 2.35. The van der Waals surface area contributed by atoms with E-state index in [4.69, 9.17) is 4.74 Å². The Kier molecular flexibility index (Phi) is 5.77. The number of hydrogen-bond acceptors (Lipinski definition) is 5. The molecule has 0 saturated carbocycles. The van der Waals surface area contributed by atoms with E-state index in [2.05, 4.69) is 20.6 Å². The number of nitrogens with one attached hydrogen (secondary N) is 2. The van der Waals surface area contributed by atoms with E-state index in [9.17, 15) is 4.79 Å². The van der Waals surface area contributed by atoms with Gasteiger partial charge in [-0.1, -0.05) is 6.92 Å². The highest BCUT2D eigenvalue weighted by Gasteiger charge is 2.02. The Balaban J connectivity index is 2.45. The van der Waals surface area contributed by atoms with Gasteiger partial charge in [-0.15, -0.1) is 0 Å². The van der Waals surface area contributed by atoms with Crippen molar-refractivity contribution in [3.63, 3.8) is 0 Å². The summed E-state index contributed by atoms with van der Waals surface area (Å²) in [7, 11) is 0. The molecule has 94 valence electrons. The smallest absolute Gasteiger partial charge is 0.239 e. The summed E-state index contributed by atoms with van der Waals surface area (Å²) in [4.78, 5) is 19.3. The fourth-order valence-electron chi connectivity index (χ4n) is 1.13. The van der Waals surface area contributed by atoms with Crippen molar-refractivity contribution in [1.29, 1.82) is 0 Å². The molecule has 0 unspecified atom stereocenters. The van der Waals surface area contributed by atoms with E-state index in [0.717, 1.165) is 6.42 Å². The Hall–Kier alpha value is -1.85. The van der Waals surface area contributed by atoms with Crippen LogP contribution in [-0.4, -0.2) is 35.6 Å². The Morgan fingerprint density at radius 3 is 3.00 bits per heavy atom. The van der Waals surface area contributed by atoms with E-state index in [-0.39, 0.29) is 12.5 Å². The van der Waals surface area contributed by atoms with Crippen molar-refractivity contribution < 1.29 is 9.53 Å². The average molecular weight is 238 g/mol. The summed E-state index contributed by atoms with van der Waals surface area (Å²) in [5, 5.41) is 5.51. The molecule has 1 aromatic rings. The Morgan fingerprint density at radius 1 is 1.47 bits per heavy atom. The lowest BCUT2D eigenvalue weighted by Crippen LogP contribution is -2.29. The molecule has 0 spiro atoms. The van der Waals surface area contributed by atoms with E-state index in [0.29, 0.717) is 25.0 Å². The molecule has 0 aliphatic rings. The second-order valence-electron chi connectivity index (χ2n) is 3.37. The number of carbonyl (C=O) groups is 1. The molecule has 0 atom stereocenters. The number of amides is 1. The number of aromatic nitrogens is 2. The maximum Gasteiger partial charge on any atom is 0.239 e. The molecule has 0 radical (unpaired) electrons. The highest BCUT2D eigenvalue weighted by molar-refractivity contribution is 5.80. The molecule has 0 aliphatic heterocycles. The van der Waals surface area contributed by atoms with Crippen LogP contribution in [-0.2, 0) is 4.79 Å². The van der Waals surface area contributed by atoms with Crippen molar-refractivity contribution >= 4 is 11.9 Å². The zero-order valence-electron chi connectivity index (χ0n) is 10.2. The summed E-state index contributed by atoms with van der Waals surface area (Å²) < 4.78 is 5.36. The Morgan fingerprint density at radius 2 is 2.29 bits per heavy atom. The minimum Gasteiger partial charge on any atom is -0.478 e. The van der Waals surface area contributed by atoms with Crippen molar-refractivity contribution in [2.24, 2.45) is 0 Å². The fourth-order valence-corrected chi connectivity index (χ4v) is 1.13. The third-order valence-corrected chi connectivity index (χ3v) is 1.87. The molecule has 2 N–H and O–H groups in total. The van der Waals surface area contributed by atoms with Crippen LogP contribution in [0.3, 0.4) is 0 Å². The number of nitrogens with zero attached hydrogens (tertiary/aromatic N) is 2. The molecule has 1 amide bonds. The summed E-state index contributed by atoms with van der Waals surface area (Å²) in [5.74, 6) is 0.820. The maximum atomic E-state index is 11.2. The number of ether oxygens (including phenoxy) is 1. The summed E-state index contributed by atoms with van der Waals surface area (Å²) in [6.07, 6.45) is 2.52. The van der Waals surface area contributed by atoms with Crippen molar-refractivity contribution in [3.8, 4) is 5.88 Å². The monoisotopic (exact) mass is 238 g/mol. The van der Waals surface area contributed by atoms with E-state index in [1.807, 2.05) is 13.8 Å². The van der Waals surface area contributed by atoms with Crippen LogP contribution in [0.15, 0.2) is 12.3 Å². The van der Waals surface area contributed by atoms with Gasteiger partial charge in [-0.3, -0.25) is 4.79 Å². The van der Waals surface area contributed by atoms with Crippen molar-refractivity contribution in [2.75, 3.05) is 25.0 Å². The van der Waals surface area contributed by atoms with Gasteiger partial charge < -0.3 is 15.4 Å². The highest BCUT2D eigenvalue weighted by atomic mass is 16.5. The molecule has 0 aromatic carbocycles. The van der Waals surface area contributed by atoms with Gasteiger partial charge in [0.2, 0.25) is 17.7 Å². The third-order valence-electron chi connectivity index (χ3n) is 1.87. The van der Waals surface area contributed by atoms with Gasteiger partial charge in [0.1, 0.15) is 0 Å². The standard InChI is InChI=1S/C11H18N4O2/c1-3-7-17-10-5-6-13-11(15-10)14-8-9(16)12-4-2/h5-6H,3-4,7-8H2,1-2H3,(H,12,16)(H,13,14,15). The SMILES string of the molecule is CCCOc1ccnc(NCC(=O)NCC)n1. The molecule has 6 heteroatoms. The van der Waals surface area contributed by atoms with Gasteiger partial charge in [-0.25, -0.2) is 4.98 Å². The number of hydrogen-bond donors (Lipinski definition) is 2. The van der Waals surface area contributed by atoms with Crippen LogP contribution in [0, 0.1) is 0 Å². The minimum atomic E-state index is -0.0871. The second-order valence-corrected chi connectivity index (χ2v) is 3.37. The minimum absolute atomic E-state index is 0.0871. The molecule has 0 saturated heterocycles. The van der Waals surface area contributed by atoms with Crippen LogP contribution in [0.4, 0.5) is 5.95 Å². The van der Waals surface area contributed by atoms with Gasteiger partial charge >= 0.3 is 0 Å². The molecule has 0 fully saturated rings. The predicted molar refractivity (Wildman–Crippen MR) is 65.0 cm³/mol. The van der Waals surface area contributed by atoms with Gasteiger partial charge in [-0.2, -0.15) is 4.98 Å². The zero-order valence-corrected chi connectivity index (χ0v) is 10.2. The lowest BCUT2D eigenvalue weighted by Gasteiger charge is -2.07. The Bertz CT molecular complexity index is 357. The first-order chi connectivity index (χ1) is 8.26. The van der Waals surface area contributed by atoms with E-state index >= 15 is 0 Å². The molecule has 1 heterocycles. The van der Waals surface area contributed by atoms with Gasteiger partial charge in [0.05, 0.1) is 13.2 Å². The van der Waals surface area contributed by atoms with E-state index in [1.54, 1.807) is 12.3 Å². The van der Waals surface area contributed by atoms with E-state index < -0.39 is 0 Å². The normalized spacial score (nSPS) is 9.76. The summed E-state index contributed by atoms with van der Waals surface area (Å²) in [6, 6.07) is 1.69. The largest absolute Gasteiger partial charge is 0.478 e. The molecule has 0 bridgehead atoms. The van der Waals surface area contributed by atoms with Gasteiger partial charge in [0, 0.05) is 18.8 Å². The molecule has 6 nitrogen and oxygen atoms in total. The number of rotatable bonds is 7. The first kappa shape index (κ1) is 13.2. The van der Waals surface area contributed by atoms with Crippen molar-refractivity contribution in [1.82, 2.24) is 15.3 Å². The molecule has 0 aliphatic carbocycles. The topological polar surface area (TPSA) is 76.1 Å². The van der Waals surface area contributed by atoms with Gasteiger partial charge in [-0.05, 0) is 13.3 Å². The van der Waals surface area contributed by atoms with Crippen molar-refractivity contribution in [2.45, 2.75) is 20.3 Å². The molecule has 17 heavy (non-hydrogen) atoms. The van der Waals surface area contributed by atoms with Crippen LogP contribution in [0.25, 0.3) is 0 Å². The van der Waals surface area contributed by atoms with Crippen LogP contribution in [0.1, 0.15) is 20.3 Å². The first-order valence-electron chi connectivity index (χ1n) is 5.72. The predicted octanol–water partition coefficient (Wildman–Crippen LogP) is 0.813. The highest BCUT2D eigenvalue weighted by Crippen LogP contribution is 2.08. The van der Waals surface area contributed by atoms with Crippen LogP contribution in [0.2, 0.25) is 0 Å². The molecular weight excluding hydrogens is 220 g/mol. The Labute approximate surface area is 101 Å². The number of likely N-dealkylation sites (N-methyl/N-ethyl adjacent to an activating group) is 1. The summed E-state index contributed by atoms with van der Waals surface area (Å²) in [6.45, 7) is 5.28. The second kappa shape index (κ2) is 7.43. The zero-order chi connectivity index (χ0) is 12.5. The first-order valence-corrected chi connectivity index (χ1v) is 5.72. The summed E-state index contributed by atoms with van der Waals surface area (Å²) in [5.41, 5.74) is 0. The number of carbonyl (C=O) groups excluding carboxylic acids is 1. The van der Waals surface area contributed by atoms with Gasteiger partial charge in [0.15, 0.2) is 0 Å². The van der Waals surface area contributed by atoms with Crippen LogP contribution < -0.4 is 15.4 Å². The molecule has 1 aromatic heterocycles. The van der Waals surface area contributed by atoms with Crippen molar-refractivity contribution in [3.05, 3.63) is 12.3 Å². The lowest BCUT2D eigenvalue weighted by molar-refractivity contribution is -0.119. The fraction of sp³-hybridized carbons (Fsp3) is 0.545. The lowest BCUT2D eigenvalue weighted by atomic mass is 10.5. The van der Waals surface area contributed by atoms with Crippen LogP contribution in [0.5, 0.6) is 5.88 Å². The third kappa shape index (κ3) is 5.14. The number of anilines is 1. The molecule has 1 rings (SSSR count). The van der Waals surface area contributed by atoms with E-state index in [1.165, 1.54) is 0 Å². The van der Waals surface area contributed by atoms with Gasteiger partial charge in [0.25, 0.3) is 0 Å². The summed E-state index contributed by atoms with van der Waals surface area (Å²) >= 11 is 0. The maximum absolute atomic E-state index is 11.2. The van der Waals surface area contributed by atoms with Crippen LogP contribution >= 0.6 is 0 Å². The quantitative estimate of drug-likeness (QED) is 0.735.